The third kappa shape index (κ3) is 4.26. The van der Waals surface area contributed by atoms with Crippen LogP contribution in [0, 0.1) is 6.92 Å². The molecule has 0 spiro atoms. The molecule has 5 nitrogen and oxygen atoms in total. The standard InChI is InChI=1S/C30H30N4OS/c1-21-9-2-5-13-26(21)33-20-8-14-27(33)29-28(25-12-6-7-19-31-25)32-30(36)34(29)22-15-17-24(18-16-22)35-23-10-3-4-11-23/h2,5-9,12-20,23,28-29H,3-4,10-11H2,1H3,(H,32,36)/t28-,29-/m0/s1. The second-order valence-corrected chi connectivity index (χ2v) is 9.99. The van der Waals surface area contributed by atoms with Crippen LogP contribution in [-0.4, -0.2) is 20.8 Å². The first-order valence-electron chi connectivity index (χ1n) is 12.7. The minimum Gasteiger partial charge on any atom is -0.490 e. The summed E-state index contributed by atoms with van der Waals surface area (Å²) < 4.78 is 8.49. The summed E-state index contributed by atoms with van der Waals surface area (Å²) in [5, 5.41) is 4.27. The summed E-state index contributed by atoms with van der Waals surface area (Å²) in [7, 11) is 0. The van der Waals surface area contributed by atoms with Gasteiger partial charge in [-0.1, -0.05) is 24.3 Å². The van der Waals surface area contributed by atoms with Gasteiger partial charge in [-0.2, -0.15) is 0 Å². The fraction of sp³-hybridized carbons (Fsp3) is 0.267. The molecule has 2 atom stereocenters. The maximum atomic E-state index is 6.22. The van der Waals surface area contributed by atoms with E-state index < -0.39 is 0 Å². The number of nitrogens with one attached hydrogen (secondary N) is 1. The van der Waals surface area contributed by atoms with Crippen molar-refractivity contribution in [2.24, 2.45) is 0 Å². The number of aryl methyl sites for hydroxylation is 1. The lowest BCUT2D eigenvalue weighted by atomic mass is 10.0. The minimum absolute atomic E-state index is 0.0800. The van der Waals surface area contributed by atoms with Crippen molar-refractivity contribution in [2.75, 3.05) is 4.90 Å². The van der Waals surface area contributed by atoms with Gasteiger partial charge >= 0.3 is 0 Å². The molecule has 36 heavy (non-hydrogen) atoms. The predicted octanol–water partition coefficient (Wildman–Crippen LogP) is 6.68. The van der Waals surface area contributed by atoms with Crippen molar-refractivity contribution in [3.63, 3.8) is 0 Å². The summed E-state index contributed by atoms with van der Waals surface area (Å²) in [6.07, 6.45) is 9.11. The average molecular weight is 495 g/mol. The molecule has 2 aromatic carbocycles. The van der Waals surface area contributed by atoms with Crippen LogP contribution >= 0.6 is 12.2 Å². The van der Waals surface area contributed by atoms with Crippen LogP contribution in [-0.2, 0) is 0 Å². The zero-order chi connectivity index (χ0) is 24.5. The molecule has 2 aliphatic rings. The number of aromatic nitrogens is 2. The van der Waals surface area contributed by atoms with Gasteiger partial charge in [0.25, 0.3) is 0 Å². The molecular weight excluding hydrogens is 464 g/mol. The van der Waals surface area contributed by atoms with Gasteiger partial charge in [-0.25, -0.2) is 0 Å². The Labute approximate surface area is 217 Å². The summed E-state index contributed by atoms with van der Waals surface area (Å²) in [6, 6.07) is 27.0. The first-order valence-corrected chi connectivity index (χ1v) is 13.1. The van der Waals surface area contributed by atoms with E-state index in [4.69, 9.17) is 21.9 Å². The van der Waals surface area contributed by atoms with E-state index in [9.17, 15) is 0 Å². The monoisotopic (exact) mass is 494 g/mol. The number of pyridine rings is 1. The van der Waals surface area contributed by atoms with Crippen LogP contribution in [0.5, 0.6) is 5.75 Å². The second kappa shape index (κ2) is 9.78. The Hall–Kier alpha value is -3.64. The number of nitrogens with zero attached hydrogens (tertiary/aromatic N) is 3. The highest BCUT2D eigenvalue weighted by atomic mass is 32.1. The molecule has 6 rings (SSSR count). The molecule has 1 aliphatic heterocycles. The van der Waals surface area contributed by atoms with E-state index >= 15 is 0 Å². The number of ether oxygens (including phenoxy) is 1. The van der Waals surface area contributed by atoms with Crippen molar-refractivity contribution >= 4 is 23.0 Å². The first-order chi connectivity index (χ1) is 17.7. The zero-order valence-corrected chi connectivity index (χ0v) is 21.2. The molecule has 3 heterocycles. The van der Waals surface area contributed by atoms with Crippen LogP contribution in [0.2, 0.25) is 0 Å². The predicted molar refractivity (Wildman–Crippen MR) is 148 cm³/mol. The lowest BCUT2D eigenvalue weighted by Crippen LogP contribution is -2.30. The van der Waals surface area contributed by atoms with Gasteiger partial charge in [0.15, 0.2) is 5.11 Å². The van der Waals surface area contributed by atoms with Gasteiger partial charge in [-0.15, -0.1) is 0 Å². The van der Waals surface area contributed by atoms with Crippen molar-refractivity contribution < 1.29 is 4.74 Å². The lowest BCUT2D eigenvalue weighted by molar-refractivity contribution is 0.210. The Kier molecular flexibility index (Phi) is 6.20. The van der Waals surface area contributed by atoms with Crippen LogP contribution in [0.25, 0.3) is 5.69 Å². The van der Waals surface area contributed by atoms with Gasteiger partial charge in [0.2, 0.25) is 0 Å². The summed E-state index contributed by atoms with van der Waals surface area (Å²) >= 11 is 5.93. The van der Waals surface area contributed by atoms with E-state index in [1.54, 1.807) is 0 Å². The van der Waals surface area contributed by atoms with Crippen molar-refractivity contribution in [2.45, 2.75) is 50.8 Å². The molecule has 2 aromatic heterocycles. The Morgan fingerprint density at radius 1 is 0.917 bits per heavy atom. The normalized spacial score (nSPS) is 20.0. The van der Waals surface area contributed by atoms with Crippen LogP contribution in [0.1, 0.15) is 54.7 Å². The SMILES string of the molecule is Cc1ccccc1-n1cccc1[C@H]1[C@H](c2ccccn2)NC(=S)N1c1ccc(OC2CCCC2)cc1. The molecule has 4 aromatic rings. The number of thiocarbonyl (C=S) groups is 1. The smallest absolute Gasteiger partial charge is 0.174 e. The molecule has 0 bridgehead atoms. The van der Waals surface area contributed by atoms with Crippen molar-refractivity contribution in [1.29, 1.82) is 0 Å². The molecule has 2 fully saturated rings. The number of benzene rings is 2. The van der Waals surface area contributed by atoms with E-state index in [-0.39, 0.29) is 12.1 Å². The zero-order valence-electron chi connectivity index (χ0n) is 20.4. The van der Waals surface area contributed by atoms with Crippen LogP contribution in [0.3, 0.4) is 0 Å². The highest BCUT2D eigenvalue weighted by Gasteiger charge is 2.42. The Morgan fingerprint density at radius 2 is 1.69 bits per heavy atom. The number of hydrogen-bond donors (Lipinski definition) is 1. The van der Waals surface area contributed by atoms with Gasteiger partial charge < -0.3 is 19.5 Å². The van der Waals surface area contributed by atoms with Gasteiger partial charge in [-0.05, 0) is 105 Å². The first kappa shape index (κ1) is 22.8. The fourth-order valence-corrected chi connectivity index (χ4v) is 5.85. The highest BCUT2D eigenvalue weighted by Crippen LogP contribution is 2.42. The molecule has 6 heteroatoms. The highest BCUT2D eigenvalue weighted by molar-refractivity contribution is 7.80. The summed E-state index contributed by atoms with van der Waals surface area (Å²) in [5.41, 5.74) is 5.53. The Morgan fingerprint density at radius 3 is 2.44 bits per heavy atom. The fourth-order valence-electron chi connectivity index (χ4n) is 5.51. The van der Waals surface area contributed by atoms with Crippen molar-refractivity contribution in [1.82, 2.24) is 14.9 Å². The topological polar surface area (TPSA) is 42.3 Å². The van der Waals surface area contributed by atoms with E-state index in [0.29, 0.717) is 11.2 Å². The quantitative estimate of drug-likeness (QED) is 0.303. The van der Waals surface area contributed by atoms with Crippen LogP contribution < -0.4 is 15.0 Å². The third-order valence-electron chi connectivity index (χ3n) is 7.28. The molecular formula is C30H30N4OS. The Balaban J connectivity index is 1.40. The summed E-state index contributed by atoms with van der Waals surface area (Å²) in [4.78, 5) is 6.92. The number of hydrogen-bond acceptors (Lipinski definition) is 3. The molecule has 0 amide bonds. The van der Waals surface area contributed by atoms with E-state index in [1.165, 1.54) is 18.4 Å². The van der Waals surface area contributed by atoms with Gasteiger partial charge in [0, 0.05) is 29.5 Å². The Bertz CT molecular complexity index is 1340. The number of anilines is 1. The van der Waals surface area contributed by atoms with E-state index in [2.05, 4.69) is 94.6 Å². The van der Waals surface area contributed by atoms with Gasteiger partial charge in [0.05, 0.1) is 17.8 Å². The largest absolute Gasteiger partial charge is 0.490 e. The van der Waals surface area contributed by atoms with Crippen LogP contribution in [0.4, 0.5) is 5.69 Å². The molecule has 1 N–H and O–H groups in total. The van der Waals surface area contributed by atoms with Crippen LogP contribution in [0.15, 0.2) is 91.3 Å². The summed E-state index contributed by atoms with van der Waals surface area (Å²) in [5.74, 6) is 0.921. The molecule has 1 aliphatic carbocycles. The second-order valence-electron chi connectivity index (χ2n) is 9.60. The van der Waals surface area contributed by atoms with Gasteiger partial charge in [0.1, 0.15) is 11.8 Å². The number of para-hydroxylation sites is 1. The minimum atomic E-state index is -0.0919. The van der Waals surface area contributed by atoms with Gasteiger partial charge in [-0.3, -0.25) is 4.98 Å². The number of rotatable bonds is 6. The van der Waals surface area contributed by atoms with E-state index in [1.807, 2.05) is 18.3 Å². The summed E-state index contributed by atoms with van der Waals surface area (Å²) in [6.45, 7) is 2.15. The maximum Gasteiger partial charge on any atom is 0.174 e. The van der Waals surface area contributed by atoms with E-state index in [0.717, 1.165) is 41.4 Å². The molecule has 0 unspecified atom stereocenters. The van der Waals surface area contributed by atoms with Crippen molar-refractivity contribution in [3.05, 3.63) is 108 Å². The molecule has 1 saturated heterocycles. The molecule has 182 valence electrons. The lowest BCUT2D eigenvalue weighted by Gasteiger charge is -2.29. The molecule has 0 radical (unpaired) electrons. The average Bonchev–Trinajstić information content (AvgIpc) is 3.66. The molecule has 1 saturated carbocycles. The third-order valence-corrected chi connectivity index (χ3v) is 7.59. The maximum absolute atomic E-state index is 6.22. The van der Waals surface area contributed by atoms with Crippen molar-refractivity contribution in [3.8, 4) is 11.4 Å².